The summed E-state index contributed by atoms with van der Waals surface area (Å²) < 4.78 is 10.3. The van der Waals surface area contributed by atoms with Crippen molar-refractivity contribution in [3.05, 3.63) is 53.1 Å². The summed E-state index contributed by atoms with van der Waals surface area (Å²) in [6.07, 6.45) is 0.0694. The molecule has 0 aliphatic carbocycles. The molecular weight excluding hydrogens is 358 g/mol. The van der Waals surface area contributed by atoms with E-state index in [1.807, 2.05) is 32.0 Å². The van der Waals surface area contributed by atoms with E-state index >= 15 is 0 Å². The fraction of sp³-hybridized carbons (Fsp3) is 0.286. The monoisotopic (exact) mass is 383 g/mol. The molecule has 0 atom stereocenters. The van der Waals surface area contributed by atoms with Gasteiger partial charge in [0, 0.05) is 17.0 Å². The van der Waals surface area contributed by atoms with Crippen molar-refractivity contribution in [3.63, 3.8) is 0 Å². The van der Waals surface area contributed by atoms with Gasteiger partial charge in [0.1, 0.15) is 0 Å². The molecule has 2 aromatic carbocycles. The van der Waals surface area contributed by atoms with E-state index in [1.165, 1.54) is 14.2 Å². The standard InChI is InChI=1S/C21H25N3O4/c1-13-7-6-8-14(2)20(13)22-19(25)11-15(3)23-24-21(26)16-9-10-17(27-4)18(12-16)28-5/h6-10,12H,11H2,1-5H3,(H,22,25)(H,24,26). The quantitative estimate of drug-likeness (QED) is 0.566. The van der Waals surface area contributed by atoms with Gasteiger partial charge in [-0.05, 0) is 50.1 Å². The second-order valence-corrected chi connectivity index (χ2v) is 6.35. The second-order valence-electron chi connectivity index (χ2n) is 6.35. The minimum absolute atomic E-state index is 0.0694. The van der Waals surface area contributed by atoms with E-state index in [1.54, 1.807) is 25.1 Å². The fourth-order valence-electron chi connectivity index (χ4n) is 2.66. The highest BCUT2D eigenvalue weighted by molar-refractivity contribution is 6.06. The van der Waals surface area contributed by atoms with Crippen LogP contribution in [0.3, 0.4) is 0 Å². The lowest BCUT2D eigenvalue weighted by Gasteiger charge is -2.11. The zero-order chi connectivity index (χ0) is 20.7. The molecule has 2 N–H and O–H groups in total. The van der Waals surface area contributed by atoms with Crippen LogP contribution in [-0.2, 0) is 4.79 Å². The highest BCUT2D eigenvalue weighted by atomic mass is 16.5. The number of hydrogen-bond donors (Lipinski definition) is 2. The van der Waals surface area contributed by atoms with Gasteiger partial charge in [0.05, 0.1) is 20.6 Å². The average Bonchev–Trinajstić information content (AvgIpc) is 2.68. The molecule has 0 bridgehead atoms. The van der Waals surface area contributed by atoms with E-state index in [0.717, 1.165) is 16.8 Å². The summed E-state index contributed by atoms with van der Waals surface area (Å²) >= 11 is 0. The van der Waals surface area contributed by atoms with Crippen LogP contribution >= 0.6 is 0 Å². The van der Waals surface area contributed by atoms with Crippen LogP contribution in [0.15, 0.2) is 41.5 Å². The summed E-state index contributed by atoms with van der Waals surface area (Å²) in [6.45, 7) is 5.55. The first-order valence-electron chi connectivity index (χ1n) is 8.77. The number of hydrogen-bond acceptors (Lipinski definition) is 5. The predicted octanol–water partition coefficient (Wildman–Crippen LogP) is 3.46. The van der Waals surface area contributed by atoms with Gasteiger partial charge in [0.25, 0.3) is 5.91 Å². The highest BCUT2D eigenvalue weighted by Gasteiger charge is 2.12. The summed E-state index contributed by atoms with van der Waals surface area (Å²) in [6, 6.07) is 10.6. The maximum atomic E-state index is 12.3. The summed E-state index contributed by atoms with van der Waals surface area (Å²) in [5.41, 5.74) is 6.09. The summed E-state index contributed by atoms with van der Waals surface area (Å²) in [5.74, 6) is 0.375. The number of carbonyl (C=O) groups is 2. The summed E-state index contributed by atoms with van der Waals surface area (Å²) in [4.78, 5) is 24.5. The van der Waals surface area contributed by atoms with Crippen molar-refractivity contribution in [2.45, 2.75) is 27.2 Å². The van der Waals surface area contributed by atoms with E-state index in [4.69, 9.17) is 9.47 Å². The minimum atomic E-state index is -0.407. The molecule has 2 aromatic rings. The Kier molecular flexibility index (Phi) is 7.14. The number of hydrazone groups is 1. The van der Waals surface area contributed by atoms with Crippen LogP contribution in [0.25, 0.3) is 0 Å². The van der Waals surface area contributed by atoms with E-state index < -0.39 is 5.91 Å². The maximum absolute atomic E-state index is 12.3. The van der Waals surface area contributed by atoms with Crippen LogP contribution in [0.4, 0.5) is 5.69 Å². The molecular formula is C21H25N3O4. The van der Waals surface area contributed by atoms with Gasteiger partial charge in [0.15, 0.2) is 11.5 Å². The number of para-hydroxylation sites is 1. The minimum Gasteiger partial charge on any atom is -0.493 e. The topological polar surface area (TPSA) is 89.0 Å². The molecule has 0 fully saturated rings. The van der Waals surface area contributed by atoms with E-state index in [0.29, 0.717) is 22.8 Å². The average molecular weight is 383 g/mol. The number of ether oxygens (including phenoxy) is 2. The molecule has 0 aliphatic rings. The van der Waals surface area contributed by atoms with Crippen LogP contribution in [-0.4, -0.2) is 31.7 Å². The number of benzene rings is 2. The molecule has 0 saturated carbocycles. The molecule has 148 valence electrons. The number of nitrogens with one attached hydrogen (secondary N) is 2. The van der Waals surface area contributed by atoms with Crippen LogP contribution in [0, 0.1) is 13.8 Å². The number of nitrogens with zero attached hydrogens (tertiary/aromatic N) is 1. The van der Waals surface area contributed by atoms with Gasteiger partial charge in [0.2, 0.25) is 5.91 Å². The van der Waals surface area contributed by atoms with Crippen LogP contribution < -0.4 is 20.2 Å². The molecule has 0 aliphatic heterocycles. The maximum Gasteiger partial charge on any atom is 0.271 e. The van der Waals surface area contributed by atoms with E-state index in [-0.39, 0.29) is 12.3 Å². The smallest absolute Gasteiger partial charge is 0.271 e. The Bertz CT molecular complexity index is 886. The van der Waals surface area contributed by atoms with Gasteiger partial charge < -0.3 is 14.8 Å². The Labute approximate surface area is 164 Å². The molecule has 0 saturated heterocycles. The molecule has 0 unspecified atom stereocenters. The Hall–Kier alpha value is -3.35. The van der Waals surface area contributed by atoms with Crippen molar-refractivity contribution in [1.82, 2.24) is 5.43 Å². The Morgan fingerprint density at radius 1 is 1.00 bits per heavy atom. The molecule has 2 amide bonds. The first-order chi connectivity index (χ1) is 13.3. The van der Waals surface area contributed by atoms with Crippen molar-refractivity contribution in [1.29, 1.82) is 0 Å². The lowest BCUT2D eigenvalue weighted by atomic mass is 10.1. The number of anilines is 1. The van der Waals surface area contributed by atoms with Crippen molar-refractivity contribution in [2.24, 2.45) is 5.10 Å². The van der Waals surface area contributed by atoms with Crippen molar-refractivity contribution < 1.29 is 19.1 Å². The molecule has 28 heavy (non-hydrogen) atoms. The van der Waals surface area contributed by atoms with Gasteiger partial charge in [-0.2, -0.15) is 5.10 Å². The third-order valence-electron chi connectivity index (χ3n) is 4.16. The van der Waals surface area contributed by atoms with Crippen LogP contribution in [0.1, 0.15) is 34.8 Å². The van der Waals surface area contributed by atoms with Crippen molar-refractivity contribution in [2.75, 3.05) is 19.5 Å². The zero-order valence-electron chi connectivity index (χ0n) is 16.8. The zero-order valence-corrected chi connectivity index (χ0v) is 16.8. The summed E-state index contributed by atoms with van der Waals surface area (Å²) in [5, 5.41) is 6.90. The Balaban J connectivity index is 1.98. The number of amides is 2. The van der Waals surface area contributed by atoms with Gasteiger partial charge in [-0.25, -0.2) is 5.43 Å². The largest absolute Gasteiger partial charge is 0.493 e. The van der Waals surface area contributed by atoms with Crippen LogP contribution in [0.2, 0.25) is 0 Å². The third-order valence-corrected chi connectivity index (χ3v) is 4.16. The predicted molar refractivity (Wildman–Crippen MR) is 109 cm³/mol. The normalized spacial score (nSPS) is 11.0. The third kappa shape index (κ3) is 5.33. The number of carbonyl (C=O) groups excluding carboxylic acids is 2. The lowest BCUT2D eigenvalue weighted by Crippen LogP contribution is -2.22. The van der Waals surface area contributed by atoms with E-state index in [9.17, 15) is 9.59 Å². The SMILES string of the molecule is COc1ccc(C(=O)NN=C(C)CC(=O)Nc2c(C)cccc2C)cc1OC. The van der Waals surface area contributed by atoms with Crippen LogP contribution in [0.5, 0.6) is 11.5 Å². The van der Waals surface area contributed by atoms with Crippen molar-refractivity contribution in [3.8, 4) is 11.5 Å². The first-order valence-corrected chi connectivity index (χ1v) is 8.77. The molecule has 7 nitrogen and oxygen atoms in total. The molecule has 7 heteroatoms. The van der Waals surface area contributed by atoms with Gasteiger partial charge in [-0.1, -0.05) is 18.2 Å². The molecule has 0 spiro atoms. The van der Waals surface area contributed by atoms with Gasteiger partial charge in [-0.15, -0.1) is 0 Å². The fourth-order valence-corrected chi connectivity index (χ4v) is 2.66. The number of aryl methyl sites for hydroxylation is 2. The summed E-state index contributed by atoms with van der Waals surface area (Å²) in [7, 11) is 3.02. The van der Waals surface area contributed by atoms with Crippen molar-refractivity contribution >= 4 is 23.2 Å². The Morgan fingerprint density at radius 2 is 1.64 bits per heavy atom. The van der Waals surface area contributed by atoms with E-state index in [2.05, 4.69) is 15.8 Å². The number of rotatable bonds is 7. The highest BCUT2D eigenvalue weighted by Crippen LogP contribution is 2.27. The number of methoxy groups -OCH3 is 2. The molecule has 2 rings (SSSR count). The molecule has 0 aromatic heterocycles. The second kappa shape index (κ2) is 9.55. The molecule has 0 heterocycles. The Morgan fingerprint density at radius 3 is 2.25 bits per heavy atom. The van der Waals surface area contributed by atoms with Gasteiger partial charge in [-0.3, -0.25) is 9.59 Å². The van der Waals surface area contributed by atoms with Gasteiger partial charge >= 0.3 is 0 Å². The first kappa shape index (κ1) is 21.0. The lowest BCUT2D eigenvalue weighted by molar-refractivity contribution is -0.115. The molecule has 0 radical (unpaired) electrons.